The van der Waals surface area contributed by atoms with Crippen molar-refractivity contribution >= 4 is 96.9 Å². The van der Waals surface area contributed by atoms with Gasteiger partial charge >= 0.3 is 0 Å². The number of aromatic nitrogens is 3. The van der Waals surface area contributed by atoms with E-state index in [0.29, 0.717) is 0 Å². The summed E-state index contributed by atoms with van der Waals surface area (Å²) in [6, 6.07) is 73.6. The Kier molecular flexibility index (Phi) is 6.60. The predicted molar refractivity (Wildman–Crippen MR) is 248 cm³/mol. The van der Waals surface area contributed by atoms with Crippen molar-refractivity contribution in [1.29, 1.82) is 0 Å². The summed E-state index contributed by atoms with van der Waals surface area (Å²) in [7, 11) is 0. The maximum absolute atomic E-state index is 2.44. The monoisotopic (exact) mass is 755 g/mol. The Bertz CT molecular complexity index is 3730. The van der Waals surface area contributed by atoms with E-state index in [1.54, 1.807) is 0 Å². The molecule has 0 saturated heterocycles. The number of nitrogens with zero attached hydrogens (tertiary/aromatic N) is 3. The summed E-state index contributed by atoms with van der Waals surface area (Å²) >= 11 is 1.88. The molecule has 4 aromatic heterocycles. The van der Waals surface area contributed by atoms with Gasteiger partial charge in [0.1, 0.15) is 0 Å². The van der Waals surface area contributed by atoms with E-state index in [0.717, 1.165) is 17.1 Å². The Labute approximate surface area is 337 Å². The van der Waals surface area contributed by atoms with Crippen LogP contribution in [0.5, 0.6) is 0 Å². The summed E-state index contributed by atoms with van der Waals surface area (Å²) < 4.78 is 9.94. The van der Waals surface area contributed by atoms with Gasteiger partial charge in [-0.3, -0.25) is 0 Å². The molecule has 9 aromatic carbocycles. The molecule has 0 fully saturated rings. The van der Waals surface area contributed by atoms with E-state index in [4.69, 9.17) is 0 Å². The standard InChI is InChI=1S/C54H33N3S/c1-6-19-47-39(12-1)40-13-2-7-20-48(40)55(47)36-28-30-37(31-29-36)57-50-22-9-4-15-42(50)46-32-51-45(33-52(46)57)41-14-3-8-21-49(41)56(51)35-26-24-34(25-27-35)38-17-11-18-44-43-16-5-10-23-53(43)58-54(38)44/h1-33H. The van der Waals surface area contributed by atoms with Gasteiger partial charge in [0.25, 0.3) is 0 Å². The second kappa shape index (κ2) is 12.1. The zero-order valence-corrected chi connectivity index (χ0v) is 32.1. The van der Waals surface area contributed by atoms with Gasteiger partial charge in [0.15, 0.2) is 0 Å². The average Bonchev–Trinajstić information content (AvgIpc) is 4.02. The van der Waals surface area contributed by atoms with E-state index in [9.17, 15) is 0 Å². The average molecular weight is 756 g/mol. The zero-order chi connectivity index (χ0) is 37.9. The highest BCUT2D eigenvalue weighted by Gasteiger charge is 2.19. The fourth-order valence-corrected chi connectivity index (χ4v) is 10.9. The van der Waals surface area contributed by atoms with E-state index < -0.39 is 0 Å². The van der Waals surface area contributed by atoms with Crippen LogP contribution >= 0.6 is 11.3 Å². The Morgan fingerprint density at radius 1 is 0.276 bits per heavy atom. The van der Waals surface area contributed by atoms with Crippen LogP contribution in [0.25, 0.3) is 114 Å². The summed E-state index contributed by atoms with van der Waals surface area (Å²) in [6.45, 7) is 0. The van der Waals surface area contributed by atoms with E-state index in [2.05, 4.69) is 214 Å². The first kappa shape index (κ1) is 31.8. The molecule has 0 bridgehead atoms. The van der Waals surface area contributed by atoms with E-state index in [-0.39, 0.29) is 0 Å². The van der Waals surface area contributed by atoms with Crippen molar-refractivity contribution in [3.05, 3.63) is 200 Å². The van der Waals surface area contributed by atoms with Crippen molar-refractivity contribution in [1.82, 2.24) is 13.7 Å². The zero-order valence-electron chi connectivity index (χ0n) is 31.3. The molecule has 0 spiro atoms. The van der Waals surface area contributed by atoms with Crippen molar-refractivity contribution < 1.29 is 0 Å². The van der Waals surface area contributed by atoms with Gasteiger partial charge in [-0.2, -0.15) is 0 Å². The normalized spacial score (nSPS) is 12.1. The van der Waals surface area contributed by atoms with Gasteiger partial charge in [-0.15, -0.1) is 11.3 Å². The topological polar surface area (TPSA) is 14.8 Å². The minimum Gasteiger partial charge on any atom is -0.309 e. The van der Waals surface area contributed by atoms with Gasteiger partial charge < -0.3 is 13.7 Å². The highest BCUT2D eigenvalue weighted by molar-refractivity contribution is 7.26. The summed E-state index contributed by atoms with van der Waals surface area (Å²) in [5.74, 6) is 0. The number of benzene rings is 9. The van der Waals surface area contributed by atoms with Crippen LogP contribution < -0.4 is 0 Å². The number of fused-ring (bicyclic) bond motifs is 12. The van der Waals surface area contributed by atoms with E-state index in [1.165, 1.54) is 96.7 Å². The summed E-state index contributed by atoms with van der Waals surface area (Å²) in [6.07, 6.45) is 0. The maximum atomic E-state index is 2.44. The number of hydrogen-bond donors (Lipinski definition) is 0. The summed E-state index contributed by atoms with van der Waals surface area (Å²) in [5.41, 5.74) is 13.2. The lowest BCUT2D eigenvalue weighted by atomic mass is 10.0. The molecule has 0 aliphatic heterocycles. The van der Waals surface area contributed by atoms with Crippen LogP contribution in [0.3, 0.4) is 0 Å². The Morgan fingerprint density at radius 2 is 0.655 bits per heavy atom. The van der Waals surface area contributed by atoms with Gasteiger partial charge in [-0.05, 0) is 90.0 Å². The van der Waals surface area contributed by atoms with Gasteiger partial charge in [-0.1, -0.05) is 121 Å². The van der Waals surface area contributed by atoms with Crippen molar-refractivity contribution in [2.24, 2.45) is 0 Å². The lowest BCUT2D eigenvalue weighted by molar-refractivity contribution is 1.14. The number of para-hydroxylation sites is 4. The molecule has 0 atom stereocenters. The molecule has 0 unspecified atom stereocenters. The molecule has 0 aliphatic carbocycles. The lowest BCUT2D eigenvalue weighted by Crippen LogP contribution is -1.97. The first-order chi connectivity index (χ1) is 28.8. The van der Waals surface area contributed by atoms with Crippen LogP contribution in [-0.2, 0) is 0 Å². The fraction of sp³-hybridized carbons (Fsp3) is 0. The van der Waals surface area contributed by atoms with Crippen molar-refractivity contribution in [3.63, 3.8) is 0 Å². The molecule has 13 aromatic rings. The molecule has 0 aliphatic rings. The molecule has 13 rings (SSSR count). The Balaban J connectivity index is 0.977. The predicted octanol–water partition coefficient (Wildman–Crippen LogP) is 15.0. The fourth-order valence-electron chi connectivity index (χ4n) is 9.70. The third-order valence-electron chi connectivity index (χ3n) is 12.3. The smallest absolute Gasteiger partial charge is 0.0548 e. The van der Waals surface area contributed by atoms with Crippen molar-refractivity contribution in [3.8, 4) is 28.2 Å². The molecule has 4 heterocycles. The van der Waals surface area contributed by atoms with Crippen LogP contribution in [0.2, 0.25) is 0 Å². The molecule has 3 nitrogen and oxygen atoms in total. The maximum Gasteiger partial charge on any atom is 0.0548 e. The molecule has 270 valence electrons. The Hall–Kier alpha value is -7.40. The first-order valence-electron chi connectivity index (χ1n) is 19.8. The van der Waals surface area contributed by atoms with Gasteiger partial charge in [0.05, 0.1) is 33.1 Å². The lowest BCUT2D eigenvalue weighted by Gasteiger charge is -2.12. The molecule has 0 saturated carbocycles. The van der Waals surface area contributed by atoms with Crippen molar-refractivity contribution in [2.75, 3.05) is 0 Å². The third kappa shape index (κ3) is 4.43. The minimum absolute atomic E-state index is 1.14. The first-order valence-corrected chi connectivity index (χ1v) is 20.7. The molecule has 0 radical (unpaired) electrons. The number of rotatable bonds is 4. The molecule has 0 amide bonds. The molecule has 4 heteroatoms. The van der Waals surface area contributed by atoms with Crippen molar-refractivity contribution in [2.45, 2.75) is 0 Å². The third-order valence-corrected chi connectivity index (χ3v) is 13.5. The van der Waals surface area contributed by atoms with E-state index >= 15 is 0 Å². The van der Waals surface area contributed by atoms with Crippen LogP contribution in [0, 0.1) is 0 Å². The minimum atomic E-state index is 1.14. The van der Waals surface area contributed by atoms with Gasteiger partial charge in [0, 0.05) is 69.6 Å². The van der Waals surface area contributed by atoms with Crippen LogP contribution in [0.4, 0.5) is 0 Å². The second-order valence-electron chi connectivity index (χ2n) is 15.3. The summed E-state index contributed by atoms with van der Waals surface area (Å²) in [4.78, 5) is 0. The molecule has 58 heavy (non-hydrogen) atoms. The molecule has 0 N–H and O–H groups in total. The van der Waals surface area contributed by atoms with E-state index in [1.807, 2.05) is 11.3 Å². The largest absolute Gasteiger partial charge is 0.309 e. The van der Waals surface area contributed by atoms with Gasteiger partial charge in [0.2, 0.25) is 0 Å². The highest BCUT2D eigenvalue weighted by atomic mass is 32.1. The second-order valence-corrected chi connectivity index (χ2v) is 16.4. The SMILES string of the molecule is c1ccc2c(c1)sc1c(-c3ccc(-n4c5ccccc5c5cc6c(cc54)c4ccccc4n6-c4ccc(-n5c6ccccc6c6ccccc65)cc4)cc3)cccc12. The summed E-state index contributed by atoms with van der Waals surface area (Å²) in [5, 5.41) is 10.2. The Morgan fingerprint density at radius 3 is 1.16 bits per heavy atom. The van der Waals surface area contributed by atoms with Gasteiger partial charge in [-0.25, -0.2) is 0 Å². The quantitative estimate of drug-likeness (QED) is 0.170. The number of thiophene rings is 1. The molecular formula is C54H33N3S. The van der Waals surface area contributed by atoms with Crippen LogP contribution in [0.15, 0.2) is 200 Å². The van der Waals surface area contributed by atoms with Crippen LogP contribution in [0.1, 0.15) is 0 Å². The van der Waals surface area contributed by atoms with Crippen LogP contribution in [-0.4, -0.2) is 13.7 Å². The highest BCUT2D eigenvalue weighted by Crippen LogP contribution is 2.42. The molecular weight excluding hydrogens is 723 g/mol. The number of hydrogen-bond acceptors (Lipinski definition) is 1.